The number of hydrogen-bond acceptors (Lipinski definition) is 3. The molecular weight excluding hydrogens is 249 g/mol. The van der Waals surface area contributed by atoms with Crippen molar-refractivity contribution in [3.8, 4) is 5.75 Å². The molecule has 0 aliphatic rings. The van der Waals surface area contributed by atoms with Gasteiger partial charge in [-0.3, -0.25) is 4.79 Å². The van der Waals surface area contributed by atoms with E-state index in [0.29, 0.717) is 5.82 Å². The molecule has 2 aromatic rings. The molecule has 2 rings (SSSR count). The second kappa shape index (κ2) is 5.09. The van der Waals surface area contributed by atoms with Crippen LogP contribution in [0.15, 0.2) is 24.4 Å². The summed E-state index contributed by atoms with van der Waals surface area (Å²) in [5.41, 5.74) is 0.965. The molecule has 1 amide bonds. The van der Waals surface area contributed by atoms with E-state index in [1.54, 1.807) is 13.2 Å². The van der Waals surface area contributed by atoms with Crippen LogP contribution in [-0.4, -0.2) is 32.9 Å². The zero-order chi connectivity index (χ0) is 14.0. The minimum Gasteiger partial charge on any atom is -0.507 e. The normalized spacial score (nSPS) is 10.5. The largest absolute Gasteiger partial charge is 0.507 e. The summed E-state index contributed by atoms with van der Waals surface area (Å²) in [4.78, 5) is 20.6. The van der Waals surface area contributed by atoms with Gasteiger partial charge in [0.15, 0.2) is 0 Å². The lowest BCUT2D eigenvalue weighted by molar-refractivity contribution is 0.0778. The van der Waals surface area contributed by atoms with E-state index in [4.69, 9.17) is 0 Å². The van der Waals surface area contributed by atoms with E-state index < -0.39 is 11.7 Å². The van der Waals surface area contributed by atoms with Crippen LogP contribution >= 0.6 is 0 Å². The number of aromatic nitrogens is 2. The highest BCUT2D eigenvalue weighted by Crippen LogP contribution is 2.20. The lowest BCUT2D eigenvalue weighted by Gasteiger charge is -2.16. The Balaban J connectivity index is 2.14. The van der Waals surface area contributed by atoms with Crippen molar-refractivity contribution < 1.29 is 14.3 Å². The number of carbonyl (C=O) groups is 1. The van der Waals surface area contributed by atoms with E-state index in [1.165, 1.54) is 11.0 Å². The van der Waals surface area contributed by atoms with Crippen molar-refractivity contribution in [1.82, 2.24) is 14.9 Å². The number of carbonyl (C=O) groups excluding carboxylic acids is 1. The maximum absolute atomic E-state index is 12.9. The predicted molar refractivity (Wildman–Crippen MR) is 67.2 cm³/mol. The van der Waals surface area contributed by atoms with E-state index in [1.807, 2.05) is 6.92 Å². The van der Waals surface area contributed by atoms with Crippen LogP contribution in [0.2, 0.25) is 0 Å². The minimum atomic E-state index is -0.585. The quantitative estimate of drug-likeness (QED) is 0.887. The van der Waals surface area contributed by atoms with Crippen molar-refractivity contribution in [2.45, 2.75) is 13.5 Å². The lowest BCUT2D eigenvalue weighted by atomic mass is 10.1. The summed E-state index contributed by atoms with van der Waals surface area (Å²) in [5, 5.41) is 9.57. The molecule has 0 spiro atoms. The zero-order valence-electron chi connectivity index (χ0n) is 10.6. The molecular formula is C13H14FN3O2. The van der Waals surface area contributed by atoms with Crippen LogP contribution in [0.25, 0.3) is 0 Å². The fourth-order valence-electron chi connectivity index (χ4n) is 1.73. The van der Waals surface area contributed by atoms with Gasteiger partial charge in [-0.15, -0.1) is 0 Å². The van der Waals surface area contributed by atoms with Crippen molar-refractivity contribution in [3.05, 3.63) is 47.3 Å². The molecule has 0 saturated carbocycles. The first-order valence-corrected chi connectivity index (χ1v) is 5.72. The number of phenolic OH excluding ortho intramolecular Hbond substituents is 1. The molecule has 1 aromatic heterocycles. The SMILES string of the molecule is Cc1cnc(CN(C)C(=O)c2ccc(F)cc2O)[nH]1. The number of nitrogens with zero attached hydrogens (tertiary/aromatic N) is 2. The monoisotopic (exact) mass is 263 g/mol. The van der Waals surface area contributed by atoms with Gasteiger partial charge in [0.1, 0.15) is 17.4 Å². The smallest absolute Gasteiger partial charge is 0.257 e. The molecule has 100 valence electrons. The highest BCUT2D eigenvalue weighted by atomic mass is 19.1. The standard InChI is InChI=1S/C13H14FN3O2/c1-8-6-15-12(16-8)7-17(2)13(19)10-4-3-9(14)5-11(10)18/h3-6,18H,7H2,1-2H3,(H,15,16). The van der Waals surface area contributed by atoms with E-state index in [-0.39, 0.29) is 17.9 Å². The van der Waals surface area contributed by atoms with Gasteiger partial charge in [-0.25, -0.2) is 9.37 Å². The summed E-state index contributed by atoms with van der Waals surface area (Å²) in [7, 11) is 1.59. The molecule has 6 heteroatoms. The first-order valence-electron chi connectivity index (χ1n) is 5.72. The number of aryl methyl sites for hydroxylation is 1. The molecule has 0 unspecified atom stereocenters. The number of H-pyrrole nitrogens is 1. The van der Waals surface area contributed by atoms with Gasteiger partial charge >= 0.3 is 0 Å². The van der Waals surface area contributed by atoms with E-state index in [2.05, 4.69) is 9.97 Å². The first kappa shape index (κ1) is 13.1. The fourth-order valence-corrected chi connectivity index (χ4v) is 1.73. The topological polar surface area (TPSA) is 69.2 Å². The van der Waals surface area contributed by atoms with Gasteiger partial charge in [-0.1, -0.05) is 0 Å². The molecule has 1 aromatic carbocycles. The number of aromatic amines is 1. The van der Waals surface area contributed by atoms with Crippen LogP contribution in [0.1, 0.15) is 21.9 Å². The van der Waals surface area contributed by atoms with Crippen LogP contribution in [0.4, 0.5) is 4.39 Å². The number of nitrogens with one attached hydrogen (secondary N) is 1. The number of rotatable bonds is 3. The summed E-state index contributed by atoms with van der Waals surface area (Å²) in [5.74, 6) is -0.702. The molecule has 0 aliphatic heterocycles. The average Bonchev–Trinajstić information content (AvgIpc) is 2.74. The number of imidazole rings is 1. The van der Waals surface area contributed by atoms with Gasteiger partial charge in [0, 0.05) is 25.0 Å². The van der Waals surface area contributed by atoms with E-state index >= 15 is 0 Å². The highest BCUT2D eigenvalue weighted by molar-refractivity contribution is 5.96. The third-order valence-electron chi connectivity index (χ3n) is 2.68. The van der Waals surface area contributed by atoms with Crippen molar-refractivity contribution in [3.63, 3.8) is 0 Å². The summed E-state index contributed by atoms with van der Waals surface area (Å²) < 4.78 is 12.9. The molecule has 0 aliphatic carbocycles. The Labute approximate surface area is 109 Å². The van der Waals surface area contributed by atoms with Crippen molar-refractivity contribution in [2.75, 3.05) is 7.05 Å². The third kappa shape index (κ3) is 2.90. The third-order valence-corrected chi connectivity index (χ3v) is 2.68. The van der Waals surface area contributed by atoms with E-state index in [0.717, 1.165) is 17.8 Å². The second-order valence-corrected chi connectivity index (χ2v) is 4.34. The second-order valence-electron chi connectivity index (χ2n) is 4.34. The molecule has 0 fully saturated rings. The molecule has 0 saturated heterocycles. The van der Waals surface area contributed by atoms with Gasteiger partial charge in [0.25, 0.3) is 5.91 Å². The number of aromatic hydroxyl groups is 1. The van der Waals surface area contributed by atoms with Gasteiger partial charge in [-0.2, -0.15) is 0 Å². The Morgan fingerprint density at radius 3 is 2.84 bits per heavy atom. The van der Waals surface area contributed by atoms with Crippen molar-refractivity contribution in [1.29, 1.82) is 0 Å². The van der Waals surface area contributed by atoms with Crippen molar-refractivity contribution in [2.24, 2.45) is 0 Å². The van der Waals surface area contributed by atoms with Crippen LogP contribution in [-0.2, 0) is 6.54 Å². The molecule has 5 nitrogen and oxygen atoms in total. The number of halogens is 1. The first-order chi connectivity index (χ1) is 8.97. The fraction of sp³-hybridized carbons (Fsp3) is 0.231. The van der Waals surface area contributed by atoms with Gasteiger partial charge < -0.3 is 15.0 Å². The summed E-state index contributed by atoms with van der Waals surface area (Å²) in [6.45, 7) is 2.15. The maximum Gasteiger partial charge on any atom is 0.257 e. The van der Waals surface area contributed by atoms with Crippen LogP contribution in [0.3, 0.4) is 0 Å². The summed E-state index contributed by atoms with van der Waals surface area (Å²) in [6.07, 6.45) is 1.67. The maximum atomic E-state index is 12.9. The molecule has 0 atom stereocenters. The van der Waals surface area contributed by atoms with Gasteiger partial charge in [0.2, 0.25) is 0 Å². The summed E-state index contributed by atoms with van der Waals surface area (Å²) in [6, 6.07) is 3.31. The molecule has 19 heavy (non-hydrogen) atoms. The lowest BCUT2D eigenvalue weighted by Crippen LogP contribution is -2.26. The van der Waals surface area contributed by atoms with Gasteiger partial charge in [-0.05, 0) is 19.1 Å². The Bertz CT molecular complexity index is 610. The summed E-state index contributed by atoms with van der Waals surface area (Å²) >= 11 is 0. The Kier molecular flexibility index (Phi) is 3.50. The average molecular weight is 263 g/mol. The minimum absolute atomic E-state index is 0.0622. The Hall–Kier alpha value is -2.37. The van der Waals surface area contributed by atoms with Crippen molar-refractivity contribution >= 4 is 5.91 Å². The number of phenols is 1. The number of amides is 1. The van der Waals surface area contributed by atoms with Crippen LogP contribution in [0.5, 0.6) is 5.75 Å². The Morgan fingerprint density at radius 2 is 2.26 bits per heavy atom. The molecule has 0 bridgehead atoms. The number of benzene rings is 1. The van der Waals surface area contributed by atoms with Gasteiger partial charge in [0.05, 0.1) is 12.1 Å². The molecule has 1 heterocycles. The van der Waals surface area contributed by atoms with Crippen LogP contribution < -0.4 is 0 Å². The van der Waals surface area contributed by atoms with Crippen LogP contribution in [0, 0.1) is 12.7 Å². The highest BCUT2D eigenvalue weighted by Gasteiger charge is 2.17. The predicted octanol–water partition coefficient (Wildman–Crippen LogP) is 1.84. The number of hydrogen-bond donors (Lipinski definition) is 2. The zero-order valence-corrected chi connectivity index (χ0v) is 10.6. The molecule has 0 radical (unpaired) electrons. The molecule has 2 N–H and O–H groups in total. The van der Waals surface area contributed by atoms with E-state index in [9.17, 15) is 14.3 Å². The Morgan fingerprint density at radius 1 is 1.53 bits per heavy atom.